The Bertz CT molecular complexity index is 712. The Labute approximate surface area is 132 Å². The van der Waals surface area contributed by atoms with Crippen LogP contribution < -0.4 is 20.1 Å². The molecule has 120 valence electrons. The smallest absolute Gasteiger partial charge is 0.326 e. The van der Waals surface area contributed by atoms with Crippen molar-refractivity contribution in [1.82, 2.24) is 5.32 Å². The molecular formula is C16H15FN2O4. The first-order valence-electron chi connectivity index (χ1n) is 6.64. The predicted molar refractivity (Wildman–Crippen MR) is 82.4 cm³/mol. The van der Waals surface area contributed by atoms with Gasteiger partial charge in [-0.3, -0.25) is 10.1 Å². The number of rotatable bonds is 4. The number of imide groups is 1. The molecule has 0 aliphatic carbocycles. The third-order valence-corrected chi connectivity index (χ3v) is 3.00. The average molecular weight is 318 g/mol. The summed E-state index contributed by atoms with van der Waals surface area (Å²) in [4.78, 5) is 24.1. The van der Waals surface area contributed by atoms with E-state index in [1.807, 2.05) is 0 Å². The lowest BCUT2D eigenvalue weighted by Gasteiger charge is -2.13. The van der Waals surface area contributed by atoms with Gasteiger partial charge in [-0.25, -0.2) is 9.18 Å². The minimum absolute atomic E-state index is 0.0372. The molecule has 0 atom stereocenters. The summed E-state index contributed by atoms with van der Waals surface area (Å²) in [5.41, 5.74) is 0.0333. The van der Waals surface area contributed by atoms with Crippen LogP contribution in [0.5, 0.6) is 11.5 Å². The highest BCUT2D eigenvalue weighted by Gasteiger charge is 2.20. The lowest BCUT2D eigenvalue weighted by Crippen LogP contribution is -2.35. The van der Waals surface area contributed by atoms with Gasteiger partial charge in [-0.15, -0.1) is 0 Å². The standard InChI is InChI=1S/C16H15FN2O4/c1-22-12-8-5-9-13(23-2)14(12)15(20)19-16(21)18-11-7-4-3-6-10(11)17/h3-9H,1-2H3,(H2,18,19,20,21). The van der Waals surface area contributed by atoms with Crippen LogP contribution in [0.2, 0.25) is 0 Å². The van der Waals surface area contributed by atoms with Crippen molar-refractivity contribution < 1.29 is 23.5 Å². The van der Waals surface area contributed by atoms with Crippen LogP contribution in [0.4, 0.5) is 14.9 Å². The van der Waals surface area contributed by atoms with Gasteiger partial charge in [0, 0.05) is 0 Å². The van der Waals surface area contributed by atoms with Crippen molar-refractivity contribution in [3.8, 4) is 11.5 Å². The maximum atomic E-state index is 13.5. The molecule has 2 aromatic carbocycles. The Morgan fingerprint density at radius 2 is 1.57 bits per heavy atom. The van der Waals surface area contributed by atoms with Gasteiger partial charge in [-0.2, -0.15) is 0 Å². The number of carbonyl (C=O) groups excluding carboxylic acids is 2. The number of hydrogen-bond acceptors (Lipinski definition) is 4. The summed E-state index contributed by atoms with van der Waals surface area (Å²) in [7, 11) is 2.79. The van der Waals surface area contributed by atoms with Gasteiger partial charge >= 0.3 is 6.03 Å². The van der Waals surface area contributed by atoms with Crippen LogP contribution in [0.15, 0.2) is 42.5 Å². The van der Waals surface area contributed by atoms with Crippen LogP contribution in [0.25, 0.3) is 0 Å². The van der Waals surface area contributed by atoms with Gasteiger partial charge in [0.25, 0.3) is 5.91 Å². The van der Waals surface area contributed by atoms with E-state index in [2.05, 4.69) is 10.6 Å². The molecule has 0 saturated carbocycles. The highest BCUT2D eigenvalue weighted by molar-refractivity contribution is 6.10. The third-order valence-electron chi connectivity index (χ3n) is 3.00. The second kappa shape index (κ2) is 7.26. The quantitative estimate of drug-likeness (QED) is 0.909. The van der Waals surface area contributed by atoms with Crippen molar-refractivity contribution in [3.63, 3.8) is 0 Å². The van der Waals surface area contributed by atoms with Crippen molar-refractivity contribution in [2.45, 2.75) is 0 Å². The highest BCUT2D eigenvalue weighted by atomic mass is 19.1. The SMILES string of the molecule is COc1cccc(OC)c1C(=O)NC(=O)Nc1ccccc1F. The number of carbonyl (C=O) groups is 2. The summed E-state index contributed by atoms with van der Waals surface area (Å²) in [5.74, 6) is -0.834. The second-order valence-corrected chi connectivity index (χ2v) is 4.43. The fraction of sp³-hybridized carbons (Fsp3) is 0.125. The maximum Gasteiger partial charge on any atom is 0.326 e. The Morgan fingerprint density at radius 1 is 0.957 bits per heavy atom. The number of ether oxygens (including phenoxy) is 2. The lowest BCUT2D eigenvalue weighted by atomic mass is 10.1. The molecule has 0 radical (unpaired) electrons. The van der Waals surface area contributed by atoms with E-state index < -0.39 is 17.8 Å². The van der Waals surface area contributed by atoms with E-state index in [1.165, 1.54) is 32.4 Å². The zero-order valence-corrected chi connectivity index (χ0v) is 12.6. The Kier molecular flexibility index (Phi) is 5.14. The Morgan fingerprint density at radius 3 is 2.13 bits per heavy atom. The first-order chi connectivity index (χ1) is 11.1. The summed E-state index contributed by atoms with van der Waals surface area (Å²) in [5, 5.41) is 4.36. The van der Waals surface area contributed by atoms with Gasteiger partial charge in [-0.1, -0.05) is 18.2 Å². The molecule has 0 heterocycles. The molecule has 23 heavy (non-hydrogen) atoms. The van der Waals surface area contributed by atoms with E-state index in [-0.39, 0.29) is 22.7 Å². The third kappa shape index (κ3) is 3.76. The van der Waals surface area contributed by atoms with Gasteiger partial charge in [0.1, 0.15) is 22.9 Å². The van der Waals surface area contributed by atoms with Crippen LogP contribution >= 0.6 is 0 Å². The topological polar surface area (TPSA) is 76.7 Å². The Balaban J connectivity index is 2.16. The summed E-state index contributed by atoms with van der Waals surface area (Å²) in [6, 6.07) is 9.52. The molecule has 7 heteroatoms. The molecule has 0 aliphatic heterocycles. The largest absolute Gasteiger partial charge is 0.496 e. The fourth-order valence-electron chi connectivity index (χ4n) is 1.96. The molecular weight excluding hydrogens is 303 g/mol. The Hall–Kier alpha value is -3.09. The minimum atomic E-state index is -0.868. The number of urea groups is 1. The van der Waals surface area contributed by atoms with Crippen LogP contribution in [0, 0.1) is 5.82 Å². The molecule has 6 nitrogen and oxygen atoms in total. The minimum Gasteiger partial charge on any atom is -0.496 e. The van der Waals surface area contributed by atoms with Crippen LogP contribution in [-0.2, 0) is 0 Å². The van der Waals surface area contributed by atoms with E-state index >= 15 is 0 Å². The molecule has 0 saturated heterocycles. The number of benzene rings is 2. The molecule has 2 N–H and O–H groups in total. The highest BCUT2D eigenvalue weighted by Crippen LogP contribution is 2.27. The van der Waals surface area contributed by atoms with Gasteiger partial charge in [0.2, 0.25) is 0 Å². The number of halogens is 1. The normalized spacial score (nSPS) is 9.87. The molecule has 2 aromatic rings. The number of anilines is 1. The number of amides is 3. The first kappa shape index (κ1) is 16.3. The van der Waals surface area contributed by atoms with Crippen LogP contribution in [0.1, 0.15) is 10.4 Å². The monoisotopic (exact) mass is 318 g/mol. The average Bonchev–Trinajstić information content (AvgIpc) is 2.55. The molecule has 3 amide bonds. The molecule has 0 unspecified atom stereocenters. The molecule has 0 aliphatic rings. The summed E-state index contributed by atoms with van der Waals surface area (Å²) in [6.45, 7) is 0. The van der Waals surface area contributed by atoms with E-state index in [0.29, 0.717) is 0 Å². The van der Waals surface area contributed by atoms with Crippen molar-refractivity contribution in [2.24, 2.45) is 0 Å². The van der Waals surface area contributed by atoms with Gasteiger partial charge in [0.15, 0.2) is 0 Å². The number of nitrogens with one attached hydrogen (secondary N) is 2. The number of hydrogen-bond donors (Lipinski definition) is 2. The number of methoxy groups -OCH3 is 2. The van der Waals surface area contributed by atoms with Crippen molar-refractivity contribution in [2.75, 3.05) is 19.5 Å². The molecule has 0 aromatic heterocycles. The van der Waals surface area contributed by atoms with Gasteiger partial charge in [-0.05, 0) is 24.3 Å². The molecule has 0 fully saturated rings. The van der Waals surface area contributed by atoms with Crippen molar-refractivity contribution in [3.05, 3.63) is 53.8 Å². The number of para-hydroxylation sites is 1. The lowest BCUT2D eigenvalue weighted by molar-refractivity contribution is 0.0961. The van der Waals surface area contributed by atoms with Gasteiger partial charge in [0.05, 0.1) is 19.9 Å². The van der Waals surface area contributed by atoms with Gasteiger partial charge < -0.3 is 14.8 Å². The summed E-state index contributed by atoms with van der Waals surface area (Å²) in [6.07, 6.45) is 0. The van der Waals surface area contributed by atoms with E-state index in [1.54, 1.807) is 24.3 Å². The zero-order chi connectivity index (χ0) is 16.8. The summed E-state index contributed by atoms with van der Waals surface area (Å²) < 4.78 is 23.7. The zero-order valence-electron chi connectivity index (χ0n) is 12.6. The van der Waals surface area contributed by atoms with E-state index in [0.717, 1.165) is 0 Å². The maximum absolute atomic E-state index is 13.5. The van der Waals surface area contributed by atoms with Crippen molar-refractivity contribution in [1.29, 1.82) is 0 Å². The first-order valence-corrected chi connectivity index (χ1v) is 6.64. The second-order valence-electron chi connectivity index (χ2n) is 4.43. The predicted octanol–water partition coefficient (Wildman–Crippen LogP) is 2.80. The van der Waals surface area contributed by atoms with Crippen molar-refractivity contribution >= 4 is 17.6 Å². The van der Waals surface area contributed by atoms with Crippen LogP contribution in [0.3, 0.4) is 0 Å². The molecule has 0 spiro atoms. The molecule has 2 rings (SSSR count). The van der Waals surface area contributed by atoms with E-state index in [4.69, 9.17) is 9.47 Å². The summed E-state index contributed by atoms with van der Waals surface area (Å²) >= 11 is 0. The van der Waals surface area contributed by atoms with Crippen LogP contribution in [-0.4, -0.2) is 26.2 Å². The molecule has 0 bridgehead atoms. The fourth-order valence-corrected chi connectivity index (χ4v) is 1.96. The van der Waals surface area contributed by atoms with E-state index in [9.17, 15) is 14.0 Å².